The number of nitrogens with zero attached hydrogens (tertiary/aromatic N) is 3. The van der Waals surface area contributed by atoms with Gasteiger partial charge < -0.3 is 19.9 Å². The molecule has 0 bridgehead atoms. The molecule has 25 heavy (non-hydrogen) atoms. The molecule has 1 aromatic heterocycles. The molecule has 0 radical (unpaired) electrons. The first-order valence-electron chi connectivity index (χ1n) is 7.98. The van der Waals surface area contributed by atoms with E-state index in [0.29, 0.717) is 0 Å². The minimum absolute atomic E-state index is 0.0593. The van der Waals surface area contributed by atoms with Crippen LogP contribution in [0.3, 0.4) is 0 Å². The molecule has 5 N–H and O–H groups in total. The zero-order valence-electron chi connectivity index (χ0n) is 13.6. The van der Waals surface area contributed by atoms with Gasteiger partial charge in [-0.15, -0.1) is 0 Å². The van der Waals surface area contributed by atoms with Crippen LogP contribution in [0.25, 0.3) is 0 Å². The molecule has 0 aliphatic carbocycles. The first-order valence-corrected chi connectivity index (χ1v) is 7.98. The van der Waals surface area contributed by atoms with Crippen molar-refractivity contribution in [2.75, 3.05) is 23.3 Å². The van der Waals surface area contributed by atoms with E-state index in [0.717, 1.165) is 18.8 Å². The van der Waals surface area contributed by atoms with Crippen LogP contribution < -0.4 is 26.8 Å². The minimum Gasteiger partial charge on any atom is -0.390 e. The predicted molar refractivity (Wildman–Crippen MR) is 92.2 cm³/mol. The molecule has 0 atom stereocenters. The average Bonchev–Trinajstić information content (AvgIpc) is 2.68. The van der Waals surface area contributed by atoms with Crippen LogP contribution in [0.5, 0.6) is 5.88 Å². The zero-order chi connectivity index (χ0) is 17.6. The Morgan fingerprint density at radius 2 is 1.84 bits per heavy atom. The van der Waals surface area contributed by atoms with Crippen LogP contribution >= 0.6 is 0 Å². The Balaban J connectivity index is 1.72. The molecular formula is C16H20N6O3. The lowest BCUT2D eigenvalue weighted by molar-refractivity contribution is 0.0497. The zero-order valence-corrected chi connectivity index (χ0v) is 13.6. The maximum absolute atomic E-state index is 11.5. The summed E-state index contributed by atoms with van der Waals surface area (Å²) in [5.41, 5.74) is 1.94. The maximum Gasteiger partial charge on any atom is 0.363 e. The maximum atomic E-state index is 11.5. The molecule has 1 aliphatic rings. The number of carbonyl (C=O) groups excluding carboxylic acids is 1. The number of rotatable bonds is 5. The van der Waals surface area contributed by atoms with E-state index in [-0.39, 0.29) is 17.4 Å². The summed E-state index contributed by atoms with van der Waals surface area (Å²) < 4.78 is 0. The van der Waals surface area contributed by atoms with Crippen LogP contribution in [0.1, 0.15) is 29.6 Å². The first kappa shape index (κ1) is 16.9. The van der Waals surface area contributed by atoms with E-state index in [4.69, 9.17) is 11.8 Å². The van der Waals surface area contributed by atoms with Crippen LogP contribution in [-0.4, -0.2) is 29.0 Å². The highest BCUT2D eigenvalue weighted by molar-refractivity contribution is 5.91. The summed E-state index contributed by atoms with van der Waals surface area (Å²) in [6.07, 6.45) is 4.99. The fraction of sp³-hybridized carbons (Fsp3) is 0.312. The topological polar surface area (TPSA) is 129 Å². The predicted octanol–water partition coefficient (Wildman–Crippen LogP) is 1.49. The third-order valence-electron chi connectivity index (χ3n) is 4.04. The summed E-state index contributed by atoms with van der Waals surface area (Å²) in [7, 11) is 0. The number of nitrogens with two attached hydrogens (primary N) is 2. The van der Waals surface area contributed by atoms with E-state index in [1.807, 2.05) is 24.3 Å². The number of carbonyl (C=O) groups is 1. The molecule has 0 amide bonds. The number of aromatic nitrogens is 2. The Bertz CT molecular complexity index is 731. The van der Waals surface area contributed by atoms with Crippen molar-refractivity contribution in [2.24, 2.45) is 11.8 Å². The highest BCUT2D eigenvalue weighted by Gasteiger charge is 2.17. The first-order chi connectivity index (χ1) is 12.2. The van der Waals surface area contributed by atoms with Crippen molar-refractivity contribution < 1.29 is 14.5 Å². The van der Waals surface area contributed by atoms with E-state index < -0.39 is 5.97 Å². The highest BCUT2D eigenvalue weighted by Crippen LogP contribution is 2.24. The molecule has 0 unspecified atom stereocenters. The summed E-state index contributed by atoms with van der Waals surface area (Å²) in [5, 5.41) is 3.03. The number of benzene rings is 1. The van der Waals surface area contributed by atoms with Gasteiger partial charge in [0.25, 0.3) is 5.88 Å². The monoisotopic (exact) mass is 344 g/mol. The van der Waals surface area contributed by atoms with Gasteiger partial charge in [-0.2, -0.15) is 16.8 Å². The SMILES string of the molecule is NOC(=O)c1cnc(Nc2ccc(N3CCCCC3)cc2)nc1ON. The smallest absolute Gasteiger partial charge is 0.363 e. The molecule has 9 heteroatoms. The number of hydrogen-bond acceptors (Lipinski definition) is 9. The fourth-order valence-electron chi connectivity index (χ4n) is 2.76. The second-order valence-electron chi connectivity index (χ2n) is 5.66. The van der Waals surface area contributed by atoms with Gasteiger partial charge in [-0.3, -0.25) is 0 Å². The highest BCUT2D eigenvalue weighted by atomic mass is 16.7. The molecule has 3 rings (SSSR count). The standard InChI is InChI=1S/C16H20N6O3/c17-24-14-13(15(23)25-18)10-19-16(21-14)20-11-4-6-12(7-5-11)22-8-2-1-3-9-22/h4-7,10H,1-3,8-9,17-18H2,(H,19,20,21). The Kier molecular flexibility index (Phi) is 5.26. The van der Waals surface area contributed by atoms with Crippen molar-refractivity contribution in [3.05, 3.63) is 36.0 Å². The second-order valence-corrected chi connectivity index (χ2v) is 5.66. The summed E-state index contributed by atoms with van der Waals surface area (Å²) >= 11 is 0. The molecule has 1 fully saturated rings. The van der Waals surface area contributed by atoms with Gasteiger partial charge in [-0.25, -0.2) is 9.78 Å². The van der Waals surface area contributed by atoms with Crippen LogP contribution in [0, 0.1) is 0 Å². The van der Waals surface area contributed by atoms with Crippen LogP contribution in [0.15, 0.2) is 30.5 Å². The van der Waals surface area contributed by atoms with Gasteiger partial charge in [-0.1, -0.05) is 0 Å². The summed E-state index contributed by atoms with van der Waals surface area (Å²) in [6.45, 7) is 2.18. The fourth-order valence-corrected chi connectivity index (χ4v) is 2.76. The van der Waals surface area contributed by atoms with Gasteiger partial charge in [0.2, 0.25) is 5.95 Å². The lowest BCUT2D eigenvalue weighted by Gasteiger charge is -2.28. The molecular weight excluding hydrogens is 324 g/mol. The number of nitrogens with one attached hydrogen (secondary N) is 1. The Labute approximate surface area is 144 Å². The van der Waals surface area contributed by atoms with Crippen molar-refractivity contribution in [1.82, 2.24) is 9.97 Å². The number of hydrogen-bond donors (Lipinski definition) is 3. The number of anilines is 3. The normalized spacial score (nSPS) is 14.1. The van der Waals surface area contributed by atoms with Crippen LogP contribution in [0.4, 0.5) is 17.3 Å². The Hall–Kier alpha value is -2.91. The molecule has 132 valence electrons. The van der Waals surface area contributed by atoms with Gasteiger partial charge >= 0.3 is 5.97 Å². The summed E-state index contributed by atoms with van der Waals surface area (Å²) in [4.78, 5) is 30.6. The van der Waals surface area contributed by atoms with Gasteiger partial charge in [-0.05, 0) is 43.5 Å². The van der Waals surface area contributed by atoms with Crippen molar-refractivity contribution in [3.63, 3.8) is 0 Å². The van der Waals surface area contributed by atoms with Gasteiger partial charge in [0, 0.05) is 24.5 Å². The second kappa shape index (κ2) is 7.77. The van der Waals surface area contributed by atoms with E-state index in [2.05, 4.69) is 29.9 Å². The molecule has 0 saturated carbocycles. The molecule has 1 aliphatic heterocycles. The van der Waals surface area contributed by atoms with Crippen LogP contribution in [-0.2, 0) is 4.84 Å². The third kappa shape index (κ3) is 3.95. The van der Waals surface area contributed by atoms with Crippen molar-refractivity contribution in [2.45, 2.75) is 19.3 Å². The van der Waals surface area contributed by atoms with Gasteiger partial charge in [0.15, 0.2) is 0 Å². The average molecular weight is 344 g/mol. The van der Waals surface area contributed by atoms with Gasteiger partial charge in [0.05, 0.1) is 6.20 Å². The lowest BCUT2D eigenvalue weighted by Crippen LogP contribution is -2.29. The van der Waals surface area contributed by atoms with Gasteiger partial charge in [0.1, 0.15) is 5.56 Å². The molecule has 2 aromatic rings. The molecule has 0 spiro atoms. The lowest BCUT2D eigenvalue weighted by atomic mass is 10.1. The quantitative estimate of drug-likeness (QED) is 0.691. The van der Waals surface area contributed by atoms with Crippen molar-refractivity contribution in [3.8, 4) is 5.88 Å². The Morgan fingerprint density at radius 1 is 1.12 bits per heavy atom. The minimum atomic E-state index is -0.835. The van der Waals surface area contributed by atoms with Crippen LogP contribution in [0.2, 0.25) is 0 Å². The Morgan fingerprint density at radius 3 is 2.48 bits per heavy atom. The van der Waals surface area contributed by atoms with E-state index in [1.54, 1.807) is 0 Å². The molecule has 1 saturated heterocycles. The summed E-state index contributed by atoms with van der Waals surface area (Å²) in [6, 6.07) is 7.99. The largest absolute Gasteiger partial charge is 0.390 e. The van der Waals surface area contributed by atoms with Crippen molar-refractivity contribution in [1.29, 1.82) is 0 Å². The van der Waals surface area contributed by atoms with Crippen molar-refractivity contribution >= 4 is 23.3 Å². The van der Waals surface area contributed by atoms with E-state index in [9.17, 15) is 4.79 Å². The molecule has 9 nitrogen and oxygen atoms in total. The third-order valence-corrected chi connectivity index (χ3v) is 4.04. The van der Waals surface area contributed by atoms with E-state index >= 15 is 0 Å². The van der Waals surface area contributed by atoms with E-state index in [1.165, 1.54) is 31.1 Å². The molecule has 1 aromatic carbocycles. The summed E-state index contributed by atoms with van der Waals surface area (Å²) in [5.74, 6) is 9.25. The molecule has 2 heterocycles. The number of piperidine rings is 1.